The van der Waals surface area contributed by atoms with Gasteiger partial charge in [-0.25, -0.2) is 12.7 Å². The van der Waals surface area contributed by atoms with Crippen LogP contribution in [0.5, 0.6) is 5.75 Å². The molecule has 24 heavy (non-hydrogen) atoms. The van der Waals surface area contributed by atoms with Crippen molar-refractivity contribution in [2.75, 3.05) is 21.2 Å². The largest absolute Gasteiger partial charge is 0.495 e. The van der Waals surface area contributed by atoms with Crippen molar-refractivity contribution < 1.29 is 17.9 Å². The highest BCUT2D eigenvalue weighted by Gasteiger charge is 2.25. The molecule has 2 unspecified atom stereocenters. The first-order valence-corrected chi connectivity index (χ1v) is 9.61. The summed E-state index contributed by atoms with van der Waals surface area (Å²) in [6.45, 7) is 2.19. The van der Waals surface area contributed by atoms with Gasteiger partial charge in [0.15, 0.2) is 0 Å². The molecule has 0 bridgehead atoms. The summed E-state index contributed by atoms with van der Waals surface area (Å²) in [4.78, 5) is 12.5. The van der Waals surface area contributed by atoms with E-state index >= 15 is 0 Å². The number of amides is 1. The van der Waals surface area contributed by atoms with E-state index in [0.717, 1.165) is 23.6 Å². The molecule has 1 N–H and O–H groups in total. The molecule has 1 aliphatic carbocycles. The highest BCUT2D eigenvalue weighted by atomic mass is 32.2. The van der Waals surface area contributed by atoms with E-state index in [1.165, 1.54) is 39.8 Å². The van der Waals surface area contributed by atoms with E-state index in [0.29, 0.717) is 11.5 Å². The van der Waals surface area contributed by atoms with E-state index in [9.17, 15) is 13.2 Å². The van der Waals surface area contributed by atoms with Gasteiger partial charge in [-0.3, -0.25) is 4.79 Å². The summed E-state index contributed by atoms with van der Waals surface area (Å²) in [5, 5.41) is 3.02. The number of sulfonamides is 1. The Morgan fingerprint density at radius 2 is 2.00 bits per heavy atom. The van der Waals surface area contributed by atoms with Gasteiger partial charge in [0.25, 0.3) is 5.91 Å². The molecule has 2 rings (SSSR count). The first kappa shape index (κ1) is 18.7. The molecule has 0 aromatic heterocycles. The average molecular weight is 354 g/mol. The fourth-order valence-corrected chi connectivity index (χ4v) is 4.13. The zero-order valence-corrected chi connectivity index (χ0v) is 15.5. The summed E-state index contributed by atoms with van der Waals surface area (Å²) in [6, 6.07) is 4.65. The van der Waals surface area contributed by atoms with Crippen molar-refractivity contribution in [3.8, 4) is 5.75 Å². The van der Waals surface area contributed by atoms with Crippen LogP contribution < -0.4 is 10.1 Å². The number of nitrogens with zero attached hydrogens (tertiary/aromatic N) is 1. The third-order valence-corrected chi connectivity index (χ3v) is 6.29. The van der Waals surface area contributed by atoms with Crippen LogP contribution in [0.25, 0.3) is 0 Å². The number of hydrogen-bond acceptors (Lipinski definition) is 4. The first-order valence-electron chi connectivity index (χ1n) is 8.17. The second-order valence-electron chi connectivity index (χ2n) is 6.60. The predicted molar refractivity (Wildman–Crippen MR) is 92.8 cm³/mol. The Labute approximate surface area is 144 Å². The highest BCUT2D eigenvalue weighted by molar-refractivity contribution is 7.89. The zero-order chi connectivity index (χ0) is 17.9. The number of carbonyl (C=O) groups is 1. The maximum atomic E-state index is 12.5. The second-order valence-corrected chi connectivity index (χ2v) is 8.72. The maximum absolute atomic E-state index is 12.5. The highest BCUT2D eigenvalue weighted by Crippen LogP contribution is 2.28. The van der Waals surface area contributed by atoms with Crippen molar-refractivity contribution in [2.45, 2.75) is 43.5 Å². The number of ether oxygens (including phenoxy) is 1. The fraction of sp³-hybridized carbons (Fsp3) is 0.588. The molecule has 0 aliphatic heterocycles. The summed E-state index contributed by atoms with van der Waals surface area (Å²) in [6.07, 6.45) is 4.23. The van der Waals surface area contributed by atoms with E-state index < -0.39 is 10.0 Å². The molecule has 0 radical (unpaired) electrons. The van der Waals surface area contributed by atoms with Gasteiger partial charge in [-0.15, -0.1) is 0 Å². The number of nitrogens with one attached hydrogen (secondary N) is 1. The Morgan fingerprint density at radius 3 is 2.58 bits per heavy atom. The van der Waals surface area contributed by atoms with Gasteiger partial charge in [0.05, 0.1) is 7.11 Å². The van der Waals surface area contributed by atoms with E-state index in [2.05, 4.69) is 12.2 Å². The monoisotopic (exact) mass is 354 g/mol. The first-order chi connectivity index (χ1) is 11.3. The second kappa shape index (κ2) is 7.53. The smallest absolute Gasteiger partial charge is 0.251 e. The molecular weight excluding hydrogens is 328 g/mol. The van der Waals surface area contributed by atoms with Crippen LogP contribution in [0.15, 0.2) is 23.1 Å². The molecule has 1 fully saturated rings. The molecule has 1 saturated carbocycles. The number of carbonyl (C=O) groups excluding carboxylic acids is 1. The third-order valence-electron chi connectivity index (χ3n) is 4.46. The Morgan fingerprint density at radius 1 is 1.29 bits per heavy atom. The number of rotatable bonds is 5. The van der Waals surface area contributed by atoms with E-state index in [1.54, 1.807) is 6.07 Å². The van der Waals surface area contributed by atoms with Gasteiger partial charge in [0.1, 0.15) is 10.6 Å². The SMILES string of the molecule is COc1ccc(C(=O)NC2CCCC(C)C2)cc1S(=O)(=O)N(C)C. The molecule has 2 atom stereocenters. The molecule has 0 saturated heterocycles. The van der Waals surface area contributed by atoms with Crippen molar-refractivity contribution in [2.24, 2.45) is 5.92 Å². The van der Waals surface area contributed by atoms with Crippen molar-refractivity contribution in [3.63, 3.8) is 0 Å². The Kier molecular flexibility index (Phi) is 5.87. The molecule has 1 aromatic carbocycles. The van der Waals surface area contributed by atoms with Crippen LogP contribution in [0.1, 0.15) is 43.0 Å². The van der Waals surface area contributed by atoms with Gasteiger partial charge in [0.2, 0.25) is 10.0 Å². The van der Waals surface area contributed by atoms with E-state index in [-0.39, 0.29) is 22.6 Å². The minimum Gasteiger partial charge on any atom is -0.495 e. The lowest BCUT2D eigenvalue weighted by Crippen LogP contribution is -2.38. The third kappa shape index (κ3) is 4.08. The molecule has 1 amide bonds. The quantitative estimate of drug-likeness (QED) is 0.880. The zero-order valence-electron chi connectivity index (χ0n) is 14.7. The van der Waals surface area contributed by atoms with Crippen LogP contribution in [0.2, 0.25) is 0 Å². The summed E-state index contributed by atoms with van der Waals surface area (Å²) >= 11 is 0. The molecule has 1 aromatic rings. The van der Waals surface area contributed by atoms with Crippen LogP contribution in [-0.4, -0.2) is 45.9 Å². The summed E-state index contributed by atoms with van der Waals surface area (Å²) in [5.74, 6) is 0.586. The molecule has 0 heterocycles. The minimum atomic E-state index is -3.69. The van der Waals surface area contributed by atoms with E-state index in [1.807, 2.05) is 0 Å². The lowest BCUT2D eigenvalue weighted by atomic mass is 9.87. The number of methoxy groups -OCH3 is 1. The van der Waals surface area contributed by atoms with Crippen molar-refractivity contribution in [1.29, 1.82) is 0 Å². The molecule has 134 valence electrons. The van der Waals surface area contributed by atoms with Crippen LogP contribution in [0.3, 0.4) is 0 Å². The van der Waals surface area contributed by atoms with E-state index in [4.69, 9.17) is 4.74 Å². The Hall–Kier alpha value is -1.60. The molecular formula is C17H26N2O4S. The molecule has 6 nitrogen and oxygen atoms in total. The van der Waals surface area contributed by atoms with Gasteiger partial charge in [-0.1, -0.05) is 19.8 Å². The minimum absolute atomic E-state index is 0.000313. The Bertz CT molecular complexity index is 701. The Balaban J connectivity index is 2.26. The summed E-state index contributed by atoms with van der Waals surface area (Å²) in [5.41, 5.74) is 0.328. The predicted octanol–water partition coefficient (Wildman–Crippen LogP) is 2.25. The number of hydrogen-bond donors (Lipinski definition) is 1. The van der Waals surface area contributed by atoms with Crippen molar-refractivity contribution in [3.05, 3.63) is 23.8 Å². The summed E-state index contributed by atoms with van der Waals surface area (Å²) in [7, 11) is 0.619. The van der Waals surface area contributed by atoms with Gasteiger partial charge in [-0.05, 0) is 37.0 Å². The maximum Gasteiger partial charge on any atom is 0.251 e. The van der Waals surface area contributed by atoms with Gasteiger partial charge in [0, 0.05) is 25.7 Å². The molecule has 7 heteroatoms. The fourth-order valence-electron chi connectivity index (χ4n) is 3.05. The standard InChI is InChI=1S/C17H26N2O4S/c1-12-6-5-7-14(10-12)18-17(20)13-8-9-15(23-4)16(11-13)24(21,22)19(2)3/h8-9,11-12,14H,5-7,10H2,1-4H3,(H,18,20). The van der Waals surface area contributed by atoms with Crippen molar-refractivity contribution >= 4 is 15.9 Å². The van der Waals surface area contributed by atoms with Crippen LogP contribution in [0, 0.1) is 5.92 Å². The lowest BCUT2D eigenvalue weighted by Gasteiger charge is -2.27. The summed E-state index contributed by atoms with van der Waals surface area (Å²) < 4.78 is 31.1. The van der Waals surface area contributed by atoms with Gasteiger partial charge >= 0.3 is 0 Å². The van der Waals surface area contributed by atoms with Crippen LogP contribution in [-0.2, 0) is 10.0 Å². The van der Waals surface area contributed by atoms with Crippen LogP contribution >= 0.6 is 0 Å². The van der Waals surface area contributed by atoms with Crippen molar-refractivity contribution in [1.82, 2.24) is 9.62 Å². The van der Waals surface area contributed by atoms with Crippen LogP contribution in [0.4, 0.5) is 0 Å². The molecule has 0 spiro atoms. The molecule has 1 aliphatic rings. The topological polar surface area (TPSA) is 75.7 Å². The average Bonchev–Trinajstić information content (AvgIpc) is 2.54. The normalized spacial score (nSPS) is 21.5. The lowest BCUT2D eigenvalue weighted by molar-refractivity contribution is 0.0921. The van der Waals surface area contributed by atoms with Gasteiger partial charge in [-0.2, -0.15) is 0 Å². The number of benzene rings is 1. The van der Waals surface area contributed by atoms with Gasteiger partial charge < -0.3 is 10.1 Å².